The van der Waals surface area contributed by atoms with Crippen LogP contribution in [0.3, 0.4) is 0 Å². The van der Waals surface area contributed by atoms with E-state index >= 15 is 0 Å². The molecule has 0 saturated heterocycles. The Hall–Kier alpha value is -0.300. The number of rotatable bonds is 3. The second-order valence-corrected chi connectivity index (χ2v) is 5.19. The Morgan fingerprint density at radius 1 is 1.29 bits per heavy atom. The summed E-state index contributed by atoms with van der Waals surface area (Å²) in [5.41, 5.74) is 0.405. The standard InChI is InChI=1S/C13H25N/c1-13(2,11-14-3)12-9-7-5-4-6-8-10-12/h7,9,12,14H,4-6,8,10-11H2,1-3H3/b9-7-. The van der Waals surface area contributed by atoms with E-state index in [0.29, 0.717) is 5.41 Å². The second-order valence-electron chi connectivity index (χ2n) is 5.19. The maximum Gasteiger partial charge on any atom is 0.000515 e. The molecule has 0 bridgehead atoms. The van der Waals surface area contributed by atoms with E-state index in [9.17, 15) is 0 Å². The van der Waals surface area contributed by atoms with Gasteiger partial charge in [-0.2, -0.15) is 0 Å². The number of hydrogen-bond acceptors (Lipinski definition) is 1. The van der Waals surface area contributed by atoms with E-state index in [0.717, 1.165) is 12.5 Å². The van der Waals surface area contributed by atoms with Gasteiger partial charge in [0.1, 0.15) is 0 Å². The molecule has 0 aromatic carbocycles. The summed E-state index contributed by atoms with van der Waals surface area (Å²) in [4.78, 5) is 0. The molecule has 0 radical (unpaired) electrons. The zero-order chi connectivity index (χ0) is 10.4. The SMILES string of the molecule is CNCC(C)(C)C1/C=C\CCCCC1. The van der Waals surface area contributed by atoms with Gasteiger partial charge in [0.05, 0.1) is 0 Å². The molecule has 0 aromatic rings. The third kappa shape index (κ3) is 3.45. The van der Waals surface area contributed by atoms with E-state index in [1.807, 2.05) is 7.05 Å². The van der Waals surface area contributed by atoms with Crippen LogP contribution in [0.4, 0.5) is 0 Å². The van der Waals surface area contributed by atoms with Gasteiger partial charge in [-0.15, -0.1) is 0 Å². The highest BCUT2D eigenvalue weighted by atomic mass is 14.8. The first kappa shape index (κ1) is 11.8. The Labute approximate surface area is 89.0 Å². The molecule has 0 amide bonds. The van der Waals surface area contributed by atoms with Crippen molar-refractivity contribution in [2.45, 2.75) is 46.0 Å². The molecular weight excluding hydrogens is 170 g/mol. The van der Waals surface area contributed by atoms with E-state index in [1.54, 1.807) is 0 Å². The number of nitrogens with one attached hydrogen (secondary N) is 1. The van der Waals surface area contributed by atoms with E-state index in [-0.39, 0.29) is 0 Å². The van der Waals surface area contributed by atoms with Crippen molar-refractivity contribution >= 4 is 0 Å². The van der Waals surface area contributed by atoms with E-state index in [2.05, 4.69) is 31.3 Å². The van der Waals surface area contributed by atoms with Crippen molar-refractivity contribution in [3.8, 4) is 0 Å². The first-order chi connectivity index (χ1) is 6.67. The van der Waals surface area contributed by atoms with E-state index in [4.69, 9.17) is 0 Å². The summed E-state index contributed by atoms with van der Waals surface area (Å²) in [5, 5.41) is 3.31. The number of hydrogen-bond donors (Lipinski definition) is 1. The third-order valence-electron chi connectivity index (χ3n) is 3.39. The van der Waals surface area contributed by atoms with Crippen LogP contribution < -0.4 is 5.32 Å². The molecule has 1 atom stereocenters. The van der Waals surface area contributed by atoms with Crippen LogP contribution >= 0.6 is 0 Å². The van der Waals surface area contributed by atoms with Gasteiger partial charge in [-0.25, -0.2) is 0 Å². The zero-order valence-corrected chi connectivity index (χ0v) is 9.97. The monoisotopic (exact) mass is 195 g/mol. The second kappa shape index (κ2) is 5.55. The number of allylic oxidation sites excluding steroid dienone is 2. The van der Waals surface area contributed by atoms with Crippen LogP contribution in [-0.2, 0) is 0 Å². The summed E-state index contributed by atoms with van der Waals surface area (Å²) in [6.45, 7) is 5.86. The molecule has 1 unspecified atom stereocenters. The minimum atomic E-state index is 0.405. The fourth-order valence-corrected chi connectivity index (χ4v) is 2.40. The molecule has 0 saturated carbocycles. The molecule has 0 aliphatic heterocycles. The van der Waals surface area contributed by atoms with Gasteiger partial charge in [0, 0.05) is 6.54 Å². The lowest BCUT2D eigenvalue weighted by Gasteiger charge is -2.33. The molecule has 82 valence electrons. The Morgan fingerprint density at radius 3 is 2.79 bits per heavy atom. The van der Waals surface area contributed by atoms with Crippen molar-refractivity contribution in [3.63, 3.8) is 0 Å². The topological polar surface area (TPSA) is 12.0 Å². The summed E-state index contributed by atoms with van der Waals surface area (Å²) in [6.07, 6.45) is 11.7. The first-order valence-electron chi connectivity index (χ1n) is 5.98. The van der Waals surface area contributed by atoms with Gasteiger partial charge in [0.2, 0.25) is 0 Å². The highest BCUT2D eigenvalue weighted by Gasteiger charge is 2.26. The van der Waals surface area contributed by atoms with E-state index in [1.165, 1.54) is 32.1 Å². The van der Waals surface area contributed by atoms with Crippen molar-refractivity contribution in [3.05, 3.63) is 12.2 Å². The van der Waals surface area contributed by atoms with Gasteiger partial charge in [0.15, 0.2) is 0 Å². The predicted octanol–water partition coefficient (Wildman–Crippen LogP) is 3.37. The van der Waals surface area contributed by atoms with Gasteiger partial charge >= 0.3 is 0 Å². The summed E-state index contributed by atoms with van der Waals surface area (Å²) in [5.74, 6) is 0.759. The Balaban J connectivity index is 2.58. The summed E-state index contributed by atoms with van der Waals surface area (Å²) < 4.78 is 0. The highest BCUT2D eigenvalue weighted by molar-refractivity contribution is 4.97. The van der Waals surface area contributed by atoms with Crippen molar-refractivity contribution in [2.24, 2.45) is 11.3 Å². The summed E-state index contributed by atoms with van der Waals surface area (Å²) in [6, 6.07) is 0. The summed E-state index contributed by atoms with van der Waals surface area (Å²) >= 11 is 0. The quantitative estimate of drug-likeness (QED) is 0.681. The largest absolute Gasteiger partial charge is 0.319 e. The minimum absolute atomic E-state index is 0.405. The van der Waals surface area contributed by atoms with Crippen molar-refractivity contribution in [1.82, 2.24) is 5.32 Å². The zero-order valence-electron chi connectivity index (χ0n) is 9.97. The summed E-state index contributed by atoms with van der Waals surface area (Å²) in [7, 11) is 2.05. The third-order valence-corrected chi connectivity index (χ3v) is 3.39. The fourth-order valence-electron chi connectivity index (χ4n) is 2.40. The van der Waals surface area contributed by atoms with Crippen molar-refractivity contribution in [2.75, 3.05) is 13.6 Å². The van der Waals surface area contributed by atoms with Crippen LogP contribution in [0, 0.1) is 11.3 Å². The van der Waals surface area contributed by atoms with Crippen LogP contribution in [0.2, 0.25) is 0 Å². The molecule has 1 heteroatoms. The molecular formula is C13H25N. The van der Waals surface area contributed by atoms with E-state index < -0.39 is 0 Å². The molecule has 0 aromatic heterocycles. The normalized spacial score (nSPS) is 26.6. The molecule has 0 spiro atoms. The average Bonchev–Trinajstić information content (AvgIpc) is 2.01. The molecule has 1 rings (SSSR count). The Morgan fingerprint density at radius 2 is 2.07 bits per heavy atom. The van der Waals surface area contributed by atoms with Crippen molar-refractivity contribution < 1.29 is 0 Å². The molecule has 1 nitrogen and oxygen atoms in total. The molecule has 1 aliphatic rings. The van der Waals surface area contributed by atoms with Crippen LogP contribution in [0.25, 0.3) is 0 Å². The molecule has 0 heterocycles. The maximum atomic E-state index is 3.31. The van der Waals surface area contributed by atoms with Gasteiger partial charge < -0.3 is 5.32 Å². The van der Waals surface area contributed by atoms with Crippen LogP contribution in [0.1, 0.15) is 46.0 Å². The Bertz CT molecular complexity index is 182. The predicted molar refractivity (Wildman–Crippen MR) is 63.4 cm³/mol. The smallest absolute Gasteiger partial charge is 0.000515 e. The lowest BCUT2D eigenvalue weighted by Crippen LogP contribution is -2.33. The lowest BCUT2D eigenvalue weighted by atomic mass is 9.75. The van der Waals surface area contributed by atoms with Crippen molar-refractivity contribution in [1.29, 1.82) is 0 Å². The van der Waals surface area contributed by atoms with Crippen LogP contribution in [0.5, 0.6) is 0 Å². The fraction of sp³-hybridized carbons (Fsp3) is 0.846. The highest BCUT2D eigenvalue weighted by Crippen LogP contribution is 2.32. The lowest BCUT2D eigenvalue weighted by molar-refractivity contribution is 0.234. The van der Waals surface area contributed by atoms with Crippen LogP contribution in [0.15, 0.2) is 12.2 Å². The van der Waals surface area contributed by atoms with Gasteiger partial charge in [-0.05, 0) is 37.6 Å². The van der Waals surface area contributed by atoms with Gasteiger partial charge in [-0.1, -0.05) is 38.8 Å². The molecule has 1 aliphatic carbocycles. The van der Waals surface area contributed by atoms with Gasteiger partial charge in [0.25, 0.3) is 0 Å². The minimum Gasteiger partial charge on any atom is -0.319 e. The molecule has 14 heavy (non-hydrogen) atoms. The van der Waals surface area contributed by atoms with Crippen LogP contribution in [-0.4, -0.2) is 13.6 Å². The average molecular weight is 195 g/mol. The van der Waals surface area contributed by atoms with Gasteiger partial charge in [-0.3, -0.25) is 0 Å². The Kier molecular flexibility index (Phi) is 4.67. The first-order valence-corrected chi connectivity index (χ1v) is 5.98. The molecule has 1 N–H and O–H groups in total. The molecule has 0 fully saturated rings. The maximum absolute atomic E-state index is 3.31.